The molecule has 0 saturated heterocycles. The molecule has 3 aromatic rings. The van der Waals surface area contributed by atoms with Gasteiger partial charge in [0.25, 0.3) is 0 Å². The first-order valence-electron chi connectivity index (χ1n) is 6.03. The number of hydrogen-bond donors (Lipinski definition) is 1. The van der Waals surface area contributed by atoms with Crippen LogP contribution in [0, 0.1) is 5.82 Å². The van der Waals surface area contributed by atoms with Gasteiger partial charge in [0.1, 0.15) is 5.82 Å². The van der Waals surface area contributed by atoms with E-state index in [1.165, 1.54) is 12.1 Å². The summed E-state index contributed by atoms with van der Waals surface area (Å²) in [6, 6.07) is 13.0. The Morgan fingerprint density at radius 2 is 1.95 bits per heavy atom. The van der Waals surface area contributed by atoms with Crippen molar-refractivity contribution >= 4 is 16.9 Å². The van der Waals surface area contributed by atoms with E-state index in [1.54, 1.807) is 12.3 Å². The third-order valence-corrected chi connectivity index (χ3v) is 3.13. The molecule has 0 atom stereocenters. The maximum absolute atomic E-state index is 14.0. The van der Waals surface area contributed by atoms with Crippen LogP contribution in [0.3, 0.4) is 0 Å². The van der Waals surface area contributed by atoms with Crippen molar-refractivity contribution in [3.8, 4) is 11.1 Å². The first-order chi connectivity index (χ1) is 9.65. The fraction of sp³-hybridized carbons (Fsp3) is 0. The Morgan fingerprint density at radius 3 is 2.70 bits per heavy atom. The van der Waals surface area contributed by atoms with Crippen molar-refractivity contribution in [3.05, 3.63) is 66.1 Å². The van der Waals surface area contributed by atoms with E-state index in [1.807, 2.05) is 24.3 Å². The van der Waals surface area contributed by atoms with Crippen LogP contribution >= 0.6 is 0 Å². The van der Waals surface area contributed by atoms with Gasteiger partial charge < -0.3 is 5.11 Å². The lowest BCUT2D eigenvalue weighted by Crippen LogP contribution is -1.97. The van der Waals surface area contributed by atoms with E-state index in [0.29, 0.717) is 11.1 Å². The average molecular weight is 267 g/mol. The Morgan fingerprint density at radius 1 is 1.10 bits per heavy atom. The highest BCUT2D eigenvalue weighted by molar-refractivity contribution is 5.89. The number of fused-ring (bicyclic) bond motifs is 1. The minimum atomic E-state index is -1.14. The van der Waals surface area contributed by atoms with Gasteiger partial charge in [-0.15, -0.1) is 0 Å². The van der Waals surface area contributed by atoms with E-state index in [0.717, 1.165) is 17.0 Å². The molecule has 0 aliphatic rings. The number of halogens is 1. The number of aromatic carboxylic acids is 1. The molecule has 0 unspecified atom stereocenters. The van der Waals surface area contributed by atoms with E-state index in [2.05, 4.69) is 4.98 Å². The van der Waals surface area contributed by atoms with Crippen LogP contribution in [0.5, 0.6) is 0 Å². The number of hydrogen-bond acceptors (Lipinski definition) is 2. The smallest absolute Gasteiger partial charge is 0.335 e. The van der Waals surface area contributed by atoms with Crippen LogP contribution in [0.25, 0.3) is 22.0 Å². The number of benzene rings is 2. The largest absolute Gasteiger partial charge is 0.478 e. The van der Waals surface area contributed by atoms with Gasteiger partial charge in [0.05, 0.1) is 11.1 Å². The topological polar surface area (TPSA) is 50.2 Å². The molecule has 3 nitrogen and oxygen atoms in total. The Balaban J connectivity index is 2.13. The van der Waals surface area contributed by atoms with Crippen molar-refractivity contribution in [1.29, 1.82) is 0 Å². The summed E-state index contributed by atoms with van der Waals surface area (Å²) in [6.07, 6.45) is 1.70. The number of pyridine rings is 1. The first-order valence-corrected chi connectivity index (χ1v) is 6.03. The Bertz CT molecular complexity index is 814. The Kier molecular flexibility index (Phi) is 2.91. The van der Waals surface area contributed by atoms with E-state index >= 15 is 0 Å². The van der Waals surface area contributed by atoms with Crippen LogP contribution in [0.4, 0.5) is 4.39 Å². The summed E-state index contributed by atoms with van der Waals surface area (Å²) in [5, 5.41) is 9.75. The number of aromatic nitrogens is 1. The zero-order valence-corrected chi connectivity index (χ0v) is 10.4. The average Bonchev–Trinajstić information content (AvgIpc) is 2.46. The molecule has 0 amide bonds. The molecule has 3 rings (SSSR count). The monoisotopic (exact) mass is 267 g/mol. The van der Waals surface area contributed by atoms with Gasteiger partial charge in [-0.05, 0) is 35.9 Å². The molecule has 0 aliphatic carbocycles. The van der Waals surface area contributed by atoms with Crippen molar-refractivity contribution in [2.45, 2.75) is 0 Å². The predicted octanol–water partition coefficient (Wildman–Crippen LogP) is 3.74. The summed E-state index contributed by atoms with van der Waals surface area (Å²) in [4.78, 5) is 15.0. The standard InChI is InChI=1S/C16H10FNO2/c17-14-9-12(16(19)20)3-5-13(14)10-4-6-15-11(8-10)2-1-7-18-15/h1-9H,(H,19,20). The van der Waals surface area contributed by atoms with Gasteiger partial charge in [0, 0.05) is 17.1 Å². The van der Waals surface area contributed by atoms with Gasteiger partial charge in [-0.1, -0.05) is 18.2 Å². The molecular weight excluding hydrogens is 257 g/mol. The van der Waals surface area contributed by atoms with Gasteiger partial charge >= 0.3 is 5.97 Å². The lowest BCUT2D eigenvalue weighted by molar-refractivity contribution is 0.0696. The quantitative estimate of drug-likeness (QED) is 0.769. The molecule has 0 radical (unpaired) electrons. The van der Waals surface area contributed by atoms with E-state index in [4.69, 9.17) is 5.11 Å². The van der Waals surface area contributed by atoms with Crippen LogP contribution in [0.15, 0.2) is 54.7 Å². The van der Waals surface area contributed by atoms with Crippen LogP contribution < -0.4 is 0 Å². The highest BCUT2D eigenvalue weighted by atomic mass is 19.1. The number of nitrogens with zero attached hydrogens (tertiary/aromatic N) is 1. The van der Waals surface area contributed by atoms with E-state index in [-0.39, 0.29) is 5.56 Å². The second-order valence-corrected chi connectivity index (χ2v) is 4.41. The first kappa shape index (κ1) is 12.3. The summed E-state index contributed by atoms with van der Waals surface area (Å²) < 4.78 is 14.0. The molecule has 0 aliphatic heterocycles. The lowest BCUT2D eigenvalue weighted by Gasteiger charge is -2.06. The second kappa shape index (κ2) is 4.74. The summed E-state index contributed by atoms with van der Waals surface area (Å²) in [5.41, 5.74) is 1.84. The second-order valence-electron chi connectivity index (χ2n) is 4.41. The third-order valence-electron chi connectivity index (χ3n) is 3.13. The molecule has 0 spiro atoms. The van der Waals surface area contributed by atoms with Crippen molar-refractivity contribution < 1.29 is 14.3 Å². The summed E-state index contributed by atoms with van der Waals surface area (Å²) >= 11 is 0. The summed E-state index contributed by atoms with van der Waals surface area (Å²) in [7, 11) is 0. The van der Waals surface area contributed by atoms with Gasteiger partial charge in [-0.3, -0.25) is 4.98 Å². The molecule has 0 bridgehead atoms. The molecular formula is C16H10FNO2. The highest BCUT2D eigenvalue weighted by Gasteiger charge is 2.10. The minimum Gasteiger partial charge on any atom is -0.478 e. The summed E-state index contributed by atoms with van der Waals surface area (Å²) in [6.45, 7) is 0. The van der Waals surface area contributed by atoms with Crippen LogP contribution in [-0.2, 0) is 0 Å². The summed E-state index contributed by atoms with van der Waals surface area (Å²) in [5.74, 6) is -1.69. The number of carboxylic acids is 1. The number of carboxylic acid groups (broad SMARTS) is 1. The number of rotatable bonds is 2. The normalized spacial score (nSPS) is 10.7. The van der Waals surface area contributed by atoms with Gasteiger partial charge in [0.2, 0.25) is 0 Å². The van der Waals surface area contributed by atoms with Crippen LogP contribution in [0.2, 0.25) is 0 Å². The molecule has 20 heavy (non-hydrogen) atoms. The molecule has 1 aromatic heterocycles. The van der Waals surface area contributed by atoms with E-state index < -0.39 is 11.8 Å². The number of carbonyl (C=O) groups is 1. The van der Waals surface area contributed by atoms with Crippen molar-refractivity contribution in [2.24, 2.45) is 0 Å². The molecule has 98 valence electrons. The van der Waals surface area contributed by atoms with Crippen LogP contribution in [-0.4, -0.2) is 16.1 Å². The predicted molar refractivity (Wildman–Crippen MR) is 74.1 cm³/mol. The highest BCUT2D eigenvalue weighted by Crippen LogP contribution is 2.26. The zero-order valence-electron chi connectivity index (χ0n) is 10.4. The van der Waals surface area contributed by atoms with Gasteiger partial charge in [-0.2, -0.15) is 0 Å². The third kappa shape index (κ3) is 2.12. The van der Waals surface area contributed by atoms with Gasteiger partial charge in [0.15, 0.2) is 0 Å². The fourth-order valence-corrected chi connectivity index (χ4v) is 2.13. The lowest BCUT2D eigenvalue weighted by atomic mass is 10.0. The maximum atomic E-state index is 14.0. The zero-order chi connectivity index (χ0) is 14.1. The molecule has 0 fully saturated rings. The van der Waals surface area contributed by atoms with Crippen molar-refractivity contribution in [1.82, 2.24) is 4.98 Å². The van der Waals surface area contributed by atoms with Crippen LogP contribution in [0.1, 0.15) is 10.4 Å². The SMILES string of the molecule is O=C(O)c1ccc(-c2ccc3ncccc3c2)c(F)c1. The maximum Gasteiger partial charge on any atom is 0.335 e. The van der Waals surface area contributed by atoms with Crippen molar-refractivity contribution in [2.75, 3.05) is 0 Å². The van der Waals surface area contributed by atoms with E-state index in [9.17, 15) is 9.18 Å². The molecule has 4 heteroatoms. The Hall–Kier alpha value is -2.75. The Labute approximate surface area is 114 Å². The molecule has 1 N–H and O–H groups in total. The van der Waals surface area contributed by atoms with Gasteiger partial charge in [-0.25, -0.2) is 9.18 Å². The van der Waals surface area contributed by atoms with Crippen molar-refractivity contribution in [3.63, 3.8) is 0 Å². The molecule has 1 heterocycles. The minimum absolute atomic E-state index is 0.0614. The molecule has 2 aromatic carbocycles. The molecule has 0 saturated carbocycles. The fourth-order valence-electron chi connectivity index (χ4n) is 2.13.